The number of hydrogen-bond donors (Lipinski definition) is 2. The van der Waals surface area contributed by atoms with Crippen LogP contribution in [-0.2, 0) is 4.79 Å². The van der Waals surface area contributed by atoms with Crippen LogP contribution in [0.3, 0.4) is 0 Å². The van der Waals surface area contributed by atoms with Crippen molar-refractivity contribution in [3.05, 3.63) is 0 Å². The standard InChI is InChI=1S/C13H24N2O2/c1-13(2)7-8-14-11(9-16)12(17)15(13)10-5-3-4-6-10/h10-11,14,16H,3-9H2,1-2H3. The molecule has 1 unspecified atom stereocenters. The largest absolute Gasteiger partial charge is 0.394 e. The van der Waals surface area contributed by atoms with Gasteiger partial charge in [0.05, 0.1) is 6.61 Å². The molecular weight excluding hydrogens is 216 g/mol. The van der Waals surface area contributed by atoms with Crippen LogP contribution in [0.4, 0.5) is 0 Å². The molecule has 98 valence electrons. The lowest BCUT2D eigenvalue weighted by Crippen LogP contribution is -2.55. The molecule has 17 heavy (non-hydrogen) atoms. The van der Waals surface area contributed by atoms with Gasteiger partial charge in [-0.05, 0) is 39.7 Å². The molecule has 1 aliphatic carbocycles. The van der Waals surface area contributed by atoms with Gasteiger partial charge in [-0.2, -0.15) is 0 Å². The first-order valence-corrected chi connectivity index (χ1v) is 6.73. The molecule has 0 bridgehead atoms. The molecule has 0 radical (unpaired) electrons. The van der Waals surface area contributed by atoms with Crippen LogP contribution < -0.4 is 5.32 Å². The van der Waals surface area contributed by atoms with Gasteiger partial charge in [0.2, 0.25) is 5.91 Å². The van der Waals surface area contributed by atoms with Gasteiger partial charge in [-0.1, -0.05) is 12.8 Å². The van der Waals surface area contributed by atoms with Gasteiger partial charge in [0.1, 0.15) is 6.04 Å². The molecule has 1 atom stereocenters. The quantitative estimate of drug-likeness (QED) is 0.753. The Morgan fingerprint density at radius 2 is 2.06 bits per heavy atom. The Kier molecular flexibility index (Phi) is 3.73. The van der Waals surface area contributed by atoms with Crippen LogP contribution in [0, 0.1) is 0 Å². The van der Waals surface area contributed by atoms with E-state index in [0.717, 1.165) is 25.8 Å². The second-order valence-corrected chi connectivity index (χ2v) is 5.90. The molecule has 2 N–H and O–H groups in total. The summed E-state index contributed by atoms with van der Waals surface area (Å²) < 4.78 is 0. The number of carbonyl (C=O) groups excluding carboxylic acids is 1. The SMILES string of the molecule is CC1(C)CCNC(CO)C(=O)N1C1CCCC1. The monoisotopic (exact) mass is 240 g/mol. The Morgan fingerprint density at radius 3 is 2.65 bits per heavy atom. The summed E-state index contributed by atoms with van der Waals surface area (Å²) in [5.74, 6) is 0.0851. The van der Waals surface area contributed by atoms with Crippen molar-refractivity contribution in [2.24, 2.45) is 0 Å². The average Bonchev–Trinajstić information content (AvgIpc) is 2.73. The maximum absolute atomic E-state index is 12.5. The summed E-state index contributed by atoms with van der Waals surface area (Å²) in [7, 11) is 0. The van der Waals surface area contributed by atoms with Crippen molar-refractivity contribution in [1.82, 2.24) is 10.2 Å². The Bertz CT molecular complexity index is 285. The van der Waals surface area contributed by atoms with Crippen molar-refractivity contribution in [3.63, 3.8) is 0 Å². The number of hydrogen-bond acceptors (Lipinski definition) is 3. The summed E-state index contributed by atoms with van der Waals surface area (Å²) in [4.78, 5) is 14.5. The summed E-state index contributed by atoms with van der Waals surface area (Å²) in [5.41, 5.74) is -0.0942. The van der Waals surface area contributed by atoms with Crippen LogP contribution in [-0.4, -0.2) is 46.7 Å². The van der Waals surface area contributed by atoms with Gasteiger partial charge in [0.25, 0.3) is 0 Å². The molecule has 0 aromatic carbocycles. The lowest BCUT2D eigenvalue weighted by Gasteiger charge is -2.42. The van der Waals surface area contributed by atoms with E-state index >= 15 is 0 Å². The van der Waals surface area contributed by atoms with E-state index in [0.29, 0.717) is 6.04 Å². The molecule has 4 heteroatoms. The Labute approximate surface area is 103 Å². The number of nitrogens with zero attached hydrogens (tertiary/aromatic N) is 1. The number of aliphatic hydroxyl groups is 1. The van der Waals surface area contributed by atoms with Gasteiger partial charge in [-0.25, -0.2) is 0 Å². The minimum atomic E-state index is -0.405. The number of carbonyl (C=O) groups is 1. The topological polar surface area (TPSA) is 52.6 Å². The van der Waals surface area contributed by atoms with Crippen molar-refractivity contribution >= 4 is 5.91 Å². The molecule has 2 rings (SSSR count). The molecule has 1 saturated carbocycles. The maximum atomic E-state index is 12.5. The van der Waals surface area contributed by atoms with Gasteiger partial charge in [0, 0.05) is 11.6 Å². The second-order valence-electron chi connectivity index (χ2n) is 5.90. The first-order chi connectivity index (χ1) is 8.06. The van der Waals surface area contributed by atoms with Crippen molar-refractivity contribution in [3.8, 4) is 0 Å². The third-order valence-corrected chi connectivity index (χ3v) is 4.19. The van der Waals surface area contributed by atoms with E-state index in [-0.39, 0.29) is 18.1 Å². The third kappa shape index (κ3) is 2.47. The Hall–Kier alpha value is -0.610. The van der Waals surface area contributed by atoms with Gasteiger partial charge in [-0.15, -0.1) is 0 Å². The number of aliphatic hydroxyl groups excluding tert-OH is 1. The highest BCUT2D eigenvalue weighted by Crippen LogP contribution is 2.32. The Balaban J connectivity index is 2.23. The smallest absolute Gasteiger partial charge is 0.242 e. The van der Waals surface area contributed by atoms with Gasteiger partial charge >= 0.3 is 0 Å². The average molecular weight is 240 g/mol. The number of rotatable bonds is 2. The summed E-state index contributed by atoms with van der Waals surface area (Å²) in [6.45, 7) is 4.99. The summed E-state index contributed by atoms with van der Waals surface area (Å²) in [6, 6.07) is -0.0242. The van der Waals surface area contributed by atoms with Crippen LogP contribution in [0.1, 0.15) is 46.0 Å². The molecule has 1 aliphatic heterocycles. The highest BCUT2D eigenvalue weighted by atomic mass is 16.3. The highest BCUT2D eigenvalue weighted by Gasteiger charge is 2.41. The zero-order chi connectivity index (χ0) is 12.5. The lowest BCUT2D eigenvalue weighted by atomic mass is 9.95. The normalized spacial score (nSPS) is 30.6. The molecule has 4 nitrogen and oxygen atoms in total. The summed E-state index contributed by atoms with van der Waals surface area (Å²) in [6.07, 6.45) is 5.63. The zero-order valence-corrected chi connectivity index (χ0v) is 10.9. The molecule has 0 aromatic heterocycles. The van der Waals surface area contributed by atoms with Crippen molar-refractivity contribution in [1.29, 1.82) is 0 Å². The van der Waals surface area contributed by atoms with E-state index in [1.165, 1.54) is 12.8 Å². The maximum Gasteiger partial charge on any atom is 0.242 e. The van der Waals surface area contributed by atoms with Crippen molar-refractivity contribution in [2.75, 3.05) is 13.2 Å². The summed E-state index contributed by atoms with van der Waals surface area (Å²) >= 11 is 0. The second kappa shape index (κ2) is 4.94. The molecule has 0 aromatic rings. The zero-order valence-electron chi connectivity index (χ0n) is 10.9. The van der Waals surface area contributed by atoms with Crippen molar-refractivity contribution in [2.45, 2.75) is 63.6 Å². The van der Waals surface area contributed by atoms with E-state index in [9.17, 15) is 9.90 Å². The summed E-state index contributed by atoms with van der Waals surface area (Å²) in [5, 5.41) is 12.5. The number of nitrogens with one attached hydrogen (secondary N) is 1. The predicted octanol–water partition coefficient (Wildman–Crippen LogP) is 0.890. The minimum Gasteiger partial charge on any atom is -0.394 e. The fourth-order valence-corrected chi connectivity index (χ4v) is 3.21. The first kappa shape index (κ1) is 12.8. The number of amides is 1. The molecule has 1 saturated heterocycles. The molecule has 2 aliphatic rings. The van der Waals surface area contributed by atoms with Crippen LogP contribution in [0.15, 0.2) is 0 Å². The first-order valence-electron chi connectivity index (χ1n) is 6.73. The molecule has 2 fully saturated rings. The van der Waals surface area contributed by atoms with Crippen LogP contribution in [0.2, 0.25) is 0 Å². The van der Waals surface area contributed by atoms with Gasteiger partial charge in [0.15, 0.2) is 0 Å². The lowest BCUT2D eigenvalue weighted by molar-refractivity contribution is -0.141. The van der Waals surface area contributed by atoms with Gasteiger partial charge < -0.3 is 15.3 Å². The fourth-order valence-electron chi connectivity index (χ4n) is 3.21. The molecular formula is C13H24N2O2. The van der Waals surface area contributed by atoms with Crippen LogP contribution >= 0.6 is 0 Å². The van der Waals surface area contributed by atoms with Crippen LogP contribution in [0.25, 0.3) is 0 Å². The van der Waals surface area contributed by atoms with Gasteiger partial charge in [-0.3, -0.25) is 4.79 Å². The van der Waals surface area contributed by atoms with E-state index in [4.69, 9.17) is 0 Å². The molecule has 0 spiro atoms. The van der Waals surface area contributed by atoms with E-state index in [1.807, 2.05) is 0 Å². The minimum absolute atomic E-state index is 0.0851. The highest BCUT2D eigenvalue weighted by molar-refractivity contribution is 5.83. The van der Waals surface area contributed by atoms with Crippen molar-refractivity contribution < 1.29 is 9.90 Å². The van der Waals surface area contributed by atoms with Crippen LogP contribution in [0.5, 0.6) is 0 Å². The third-order valence-electron chi connectivity index (χ3n) is 4.19. The Morgan fingerprint density at radius 1 is 1.41 bits per heavy atom. The van der Waals surface area contributed by atoms with E-state index in [2.05, 4.69) is 24.1 Å². The van der Waals surface area contributed by atoms with E-state index < -0.39 is 6.04 Å². The predicted molar refractivity (Wildman–Crippen MR) is 66.7 cm³/mol. The fraction of sp³-hybridized carbons (Fsp3) is 0.923. The van der Waals surface area contributed by atoms with E-state index in [1.54, 1.807) is 0 Å². The molecule has 1 heterocycles. The molecule has 1 amide bonds.